The van der Waals surface area contributed by atoms with E-state index < -0.39 is 10.0 Å². The number of carbonyl (C=O) groups is 1. The highest BCUT2D eigenvalue weighted by Gasteiger charge is 2.37. The van der Waals surface area contributed by atoms with Gasteiger partial charge in [-0.3, -0.25) is 4.79 Å². The molecule has 1 amide bonds. The Morgan fingerprint density at radius 3 is 2.36 bits per heavy atom. The van der Waals surface area contributed by atoms with Crippen molar-refractivity contribution in [2.75, 3.05) is 32.7 Å². The molecule has 1 saturated carbocycles. The number of aryl methyl sites for hydroxylation is 1. The number of carbonyl (C=O) groups excluding carboxylic acids is 1. The van der Waals surface area contributed by atoms with E-state index in [0.717, 1.165) is 24.8 Å². The van der Waals surface area contributed by atoms with Gasteiger partial charge in [-0.15, -0.1) is 0 Å². The van der Waals surface area contributed by atoms with Crippen molar-refractivity contribution < 1.29 is 13.2 Å². The van der Waals surface area contributed by atoms with Gasteiger partial charge in [-0.2, -0.15) is 4.31 Å². The summed E-state index contributed by atoms with van der Waals surface area (Å²) < 4.78 is 27.0. The van der Waals surface area contributed by atoms with Crippen LogP contribution >= 0.6 is 0 Å². The fourth-order valence-corrected chi connectivity index (χ4v) is 5.31. The monoisotopic (exact) mass is 365 g/mol. The second-order valence-corrected chi connectivity index (χ2v) is 9.01. The summed E-state index contributed by atoms with van der Waals surface area (Å²) in [5.41, 5.74) is 6.82. The van der Waals surface area contributed by atoms with Crippen LogP contribution in [0.4, 0.5) is 0 Å². The number of hydrogen-bond acceptors (Lipinski definition) is 4. The van der Waals surface area contributed by atoms with Gasteiger partial charge in [0.05, 0.1) is 4.90 Å². The van der Waals surface area contributed by atoms with Crippen molar-refractivity contribution in [2.45, 2.75) is 31.1 Å². The van der Waals surface area contributed by atoms with Gasteiger partial charge >= 0.3 is 0 Å². The second kappa shape index (κ2) is 7.43. The maximum absolute atomic E-state index is 12.7. The summed E-state index contributed by atoms with van der Waals surface area (Å²) in [4.78, 5) is 14.9. The van der Waals surface area contributed by atoms with Gasteiger partial charge in [0.2, 0.25) is 15.9 Å². The van der Waals surface area contributed by atoms with Gasteiger partial charge in [0.15, 0.2) is 0 Å². The number of benzene rings is 1. The molecule has 1 aliphatic carbocycles. The average Bonchev–Trinajstić information content (AvgIpc) is 3.10. The van der Waals surface area contributed by atoms with Gasteiger partial charge in [-0.25, -0.2) is 8.42 Å². The van der Waals surface area contributed by atoms with Crippen molar-refractivity contribution in [1.29, 1.82) is 0 Å². The summed E-state index contributed by atoms with van der Waals surface area (Å²) in [6.45, 7) is 4.09. The van der Waals surface area contributed by atoms with Gasteiger partial charge in [0.25, 0.3) is 0 Å². The molecule has 1 aromatic carbocycles. The van der Waals surface area contributed by atoms with Crippen LogP contribution in [0.25, 0.3) is 0 Å². The molecule has 25 heavy (non-hydrogen) atoms. The minimum atomic E-state index is -3.49. The van der Waals surface area contributed by atoms with E-state index in [0.29, 0.717) is 37.6 Å². The third-order valence-electron chi connectivity index (χ3n) is 5.49. The molecule has 1 aromatic rings. The molecule has 2 aliphatic rings. The number of nitrogens with two attached hydrogens (primary N) is 1. The molecule has 0 unspecified atom stereocenters. The van der Waals surface area contributed by atoms with Crippen molar-refractivity contribution in [3.8, 4) is 0 Å². The van der Waals surface area contributed by atoms with Crippen molar-refractivity contribution in [1.82, 2.24) is 9.21 Å². The predicted octanol–water partition coefficient (Wildman–Crippen LogP) is 1.20. The molecule has 0 radical (unpaired) electrons. The Kier molecular flexibility index (Phi) is 5.46. The van der Waals surface area contributed by atoms with Crippen LogP contribution in [0.15, 0.2) is 29.2 Å². The lowest BCUT2D eigenvalue weighted by atomic mass is 9.94. The summed E-state index contributed by atoms with van der Waals surface area (Å²) in [6, 6.07) is 6.90. The van der Waals surface area contributed by atoms with E-state index in [9.17, 15) is 13.2 Å². The molecule has 0 spiro atoms. The zero-order chi connectivity index (χ0) is 18.0. The Morgan fingerprint density at radius 2 is 1.76 bits per heavy atom. The lowest BCUT2D eigenvalue weighted by Crippen LogP contribution is -2.52. The highest BCUT2D eigenvalue weighted by molar-refractivity contribution is 7.89. The molecule has 3 rings (SSSR count). The first-order chi connectivity index (χ1) is 11.9. The Labute approximate surface area is 150 Å². The smallest absolute Gasteiger partial charge is 0.243 e. The molecule has 2 fully saturated rings. The summed E-state index contributed by atoms with van der Waals surface area (Å²) in [5.74, 6) is 0.451. The highest BCUT2D eigenvalue weighted by Crippen LogP contribution is 2.32. The Balaban J connectivity index is 1.63. The van der Waals surface area contributed by atoms with Crippen LogP contribution in [-0.4, -0.2) is 56.3 Å². The van der Waals surface area contributed by atoms with E-state index in [1.54, 1.807) is 24.3 Å². The summed E-state index contributed by atoms with van der Waals surface area (Å²) in [7, 11) is -3.49. The molecule has 0 aromatic heterocycles. The van der Waals surface area contributed by atoms with Crippen LogP contribution in [0.5, 0.6) is 0 Å². The van der Waals surface area contributed by atoms with E-state index in [1.807, 2.05) is 11.8 Å². The quantitative estimate of drug-likeness (QED) is 0.869. The van der Waals surface area contributed by atoms with Gasteiger partial charge in [-0.1, -0.05) is 24.1 Å². The number of sulfonamides is 1. The molecule has 138 valence electrons. The fourth-order valence-electron chi connectivity index (χ4n) is 3.89. The zero-order valence-electron chi connectivity index (χ0n) is 14.7. The van der Waals surface area contributed by atoms with E-state index in [2.05, 4.69) is 0 Å². The van der Waals surface area contributed by atoms with Gasteiger partial charge in [0, 0.05) is 32.1 Å². The van der Waals surface area contributed by atoms with Crippen LogP contribution < -0.4 is 5.73 Å². The van der Waals surface area contributed by atoms with Crippen LogP contribution in [-0.2, 0) is 14.8 Å². The molecule has 1 heterocycles. The number of nitrogens with zero attached hydrogens (tertiary/aromatic N) is 2. The Bertz CT molecular complexity index is 710. The molecule has 6 nitrogen and oxygen atoms in total. The number of amides is 1. The normalized spacial score (nSPS) is 25.3. The highest BCUT2D eigenvalue weighted by atomic mass is 32.2. The average molecular weight is 365 g/mol. The van der Waals surface area contributed by atoms with Crippen LogP contribution in [0, 0.1) is 18.8 Å². The van der Waals surface area contributed by atoms with Crippen LogP contribution in [0.2, 0.25) is 0 Å². The lowest BCUT2D eigenvalue weighted by molar-refractivity contribution is -0.137. The van der Waals surface area contributed by atoms with Crippen LogP contribution in [0.3, 0.4) is 0 Å². The van der Waals surface area contributed by atoms with Crippen molar-refractivity contribution in [3.63, 3.8) is 0 Å². The maximum atomic E-state index is 12.7. The molecular formula is C18H27N3O3S. The molecule has 7 heteroatoms. The summed E-state index contributed by atoms with van der Waals surface area (Å²) in [6.07, 6.45) is 2.98. The van der Waals surface area contributed by atoms with Gasteiger partial charge in [-0.05, 0) is 44.4 Å². The van der Waals surface area contributed by atoms with E-state index in [4.69, 9.17) is 5.73 Å². The number of hydrogen-bond donors (Lipinski definition) is 1. The summed E-state index contributed by atoms with van der Waals surface area (Å²) in [5, 5.41) is 0. The number of piperazine rings is 1. The largest absolute Gasteiger partial charge is 0.340 e. The van der Waals surface area contributed by atoms with E-state index in [-0.39, 0.29) is 17.7 Å². The lowest BCUT2D eigenvalue weighted by Gasteiger charge is -2.36. The first-order valence-electron chi connectivity index (χ1n) is 8.99. The van der Waals surface area contributed by atoms with E-state index >= 15 is 0 Å². The SMILES string of the molecule is Cc1ccc(S(=O)(=O)N2CCN(C(=O)[C@@H]3CCC[C@@H]3CN)CC2)cc1. The molecule has 2 atom stereocenters. The first kappa shape index (κ1) is 18.4. The van der Waals surface area contributed by atoms with Gasteiger partial charge < -0.3 is 10.6 Å². The third-order valence-corrected chi connectivity index (χ3v) is 7.40. The van der Waals surface area contributed by atoms with Crippen molar-refractivity contribution >= 4 is 15.9 Å². The van der Waals surface area contributed by atoms with Gasteiger partial charge in [0.1, 0.15) is 0 Å². The molecular weight excluding hydrogens is 338 g/mol. The Morgan fingerprint density at radius 1 is 1.12 bits per heavy atom. The Hall–Kier alpha value is -1.44. The molecule has 0 bridgehead atoms. The zero-order valence-corrected chi connectivity index (χ0v) is 15.5. The second-order valence-electron chi connectivity index (χ2n) is 7.08. The third kappa shape index (κ3) is 3.73. The summed E-state index contributed by atoms with van der Waals surface area (Å²) >= 11 is 0. The maximum Gasteiger partial charge on any atom is 0.243 e. The number of rotatable bonds is 4. The van der Waals surface area contributed by atoms with Crippen molar-refractivity contribution in [2.24, 2.45) is 17.6 Å². The minimum absolute atomic E-state index is 0.0188. The van der Waals surface area contributed by atoms with Crippen LogP contribution in [0.1, 0.15) is 24.8 Å². The minimum Gasteiger partial charge on any atom is -0.340 e. The van der Waals surface area contributed by atoms with E-state index in [1.165, 1.54) is 4.31 Å². The molecule has 1 aliphatic heterocycles. The predicted molar refractivity (Wildman–Crippen MR) is 96.4 cm³/mol. The molecule has 2 N–H and O–H groups in total. The van der Waals surface area contributed by atoms with Crippen molar-refractivity contribution in [3.05, 3.63) is 29.8 Å². The standard InChI is InChI=1S/C18H27N3O3S/c1-14-5-7-16(8-6-14)25(23,24)21-11-9-20(10-12-21)18(22)17-4-2-3-15(17)13-19/h5-8,15,17H,2-4,9-13,19H2,1H3/t15-,17-/m1/s1. The topological polar surface area (TPSA) is 83.7 Å². The fraction of sp³-hybridized carbons (Fsp3) is 0.611. The molecule has 1 saturated heterocycles. The first-order valence-corrected chi connectivity index (χ1v) is 10.4.